The van der Waals surface area contributed by atoms with Crippen molar-refractivity contribution in [2.75, 3.05) is 21.3 Å². The molecule has 0 fully saturated rings. The molecule has 4 nitrogen and oxygen atoms in total. The van der Waals surface area contributed by atoms with Crippen LogP contribution in [0.4, 0.5) is 0 Å². The summed E-state index contributed by atoms with van der Waals surface area (Å²) >= 11 is 0. The van der Waals surface area contributed by atoms with E-state index in [4.69, 9.17) is 18.0 Å². The Labute approximate surface area is 97.5 Å². The second kappa shape index (κ2) is 6.00. The van der Waals surface area contributed by atoms with Gasteiger partial charge in [-0.3, -0.25) is 0 Å². The van der Waals surface area contributed by atoms with E-state index >= 15 is 0 Å². The molecule has 1 aromatic rings. The first-order chi connectivity index (χ1) is 7.69. The Bertz CT molecular complexity index is 283. The van der Waals surface area contributed by atoms with E-state index in [1.165, 1.54) is 0 Å². The van der Waals surface area contributed by atoms with Crippen molar-refractivity contribution in [1.82, 2.24) is 0 Å². The molecule has 0 aromatic heterocycles. The van der Waals surface area contributed by atoms with Gasteiger partial charge in [0.1, 0.15) is 11.5 Å². The minimum atomic E-state index is -2.19. The molecule has 16 heavy (non-hydrogen) atoms. The molecule has 0 radical (unpaired) electrons. The lowest BCUT2D eigenvalue weighted by Crippen LogP contribution is -2.41. The summed E-state index contributed by atoms with van der Waals surface area (Å²) in [7, 11) is 2.65. The Morgan fingerprint density at radius 3 is 1.56 bits per heavy atom. The van der Waals surface area contributed by atoms with Crippen molar-refractivity contribution in [3.8, 4) is 11.5 Å². The first-order valence-corrected chi connectivity index (χ1v) is 7.06. The zero-order chi connectivity index (χ0) is 12.0. The van der Waals surface area contributed by atoms with Crippen LogP contribution in [0.1, 0.15) is 6.92 Å². The van der Waals surface area contributed by atoms with Gasteiger partial charge in [-0.05, 0) is 12.1 Å². The maximum atomic E-state index is 5.08. The van der Waals surface area contributed by atoms with Crippen LogP contribution in [0.5, 0.6) is 11.5 Å². The number of ether oxygens (including phenoxy) is 1. The molecule has 1 aromatic carbocycles. The predicted octanol–water partition coefficient (Wildman–Crippen LogP) is 2.68. The fourth-order valence-corrected chi connectivity index (χ4v) is 2.73. The molecule has 0 unspecified atom stereocenters. The molecule has 5 heteroatoms. The zero-order valence-electron chi connectivity index (χ0n) is 10.1. The monoisotopic (exact) mass is 242 g/mol. The third kappa shape index (κ3) is 3.05. The zero-order valence-corrected chi connectivity index (χ0v) is 11.1. The Kier molecular flexibility index (Phi) is 4.95. The molecule has 2 bridgehead atoms. The highest BCUT2D eigenvalue weighted by Gasteiger charge is 2.34. The van der Waals surface area contributed by atoms with Crippen LogP contribution in [0, 0.1) is 0 Å². The third-order valence-corrected chi connectivity index (χ3v) is 5.14. The van der Waals surface area contributed by atoms with Crippen LogP contribution in [0.15, 0.2) is 24.3 Å². The molecule has 0 aliphatic carbocycles. The summed E-state index contributed by atoms with van der Waals surface area (Å²) in [5.74, 6) is 1.97. The molecule has 3 rings (SSSR count). The first kappa shape index (κ1) is 13.2. The number of fused-ring (bicyclic) bond motifs is 2. The van der Waals surface area contributed by atoms with Crippen molar-refractivity contribution in [3.05, 3.63) is 24.3 Å². The standard InChI is InChI=1S/C6H4O.C5H14O3Si/c1-2-5-4-6(3-1)7-5;1-5-9(6-2,7-3)8-4/h1-4H;5H2,1-4H3. The number of benzene rings is 1. The second-order valence-corrected chi connectivity index (χ2v) is 6.52. The van der Waals surface area contributed by atoms with Crippen LogP contribution >= 0.6 is 0 Å². The van der Waals surface area contributed by atoms with Crippen LogP contribution in [-0.2, 0) is 13.3 Å². The van der Waals surface area contributed by atoms with Gasteiger partial charge >= 0.3 is 8.80 Å². The summed E-state index contributed by atoms with van der Waals surface area (Å²) < 4.78 is 20.2. The van der Waals surface area contributed by atoms with Crippen molar-refractivity contribution in [2.45, 2.75) is 13.0 Å². The lowest BCUT2D eigenvalue weighted by molar-refractivity contribution is 0.125. The Morgan fingerprint density at radius 1 is 1.06 bits per heavy atom. The highest BCUT2D eigenvalue weighted by atomic mass is 28.4. The maximum absolute atomic E-state index is 5.08. The van der Waals surface area contributed by atoms with E-state index in [1.807, 2.05) is 31.2 Å². The average molecular weight is 242 g/mol. The SMILES string of the molecule is CC[Si](OC)(OC)OC.c1cc2cc(c1)O2. The summed E-state index contributed by atoms with van der Waals surface area (Å²) in [6.45, 7) is 1.99. The lowest BCUT2D eigenvalue weighted by atomic mass is 10.2. The van der Waals surface area contributed by atoms with Gasteiger partial charge in [0.2, 0.25) is 0 Å². The molecule has 90 valence electrons. The molecule has 2 aliphatic rings. The number of rotatable bonds is 4. The predicted molar refractivity (Wildman–Crippen MR) is 63.8 cm³/mol. The van der Waals surface area contributed by atoms with Gasteiger partial charge in [-0.25, -0.2) is 0 Å². The van der Waals surface area contributed by atoms with Crippen LogP contribution in [-0.4, -0.2) is 30.1 Å². The average Bonchev–Trinajstić information content (AvgIpc) is 2.34. The topological polar surface area (TPSA) is 36.9 Å². The Morgan fingerprint density at radius 2 is 1.50 bits per heavy atom. The summed E-state index contributed by atoms with van der Waals surface area (Å²) in [4.78, 5) is 0. The highest BCUT2D eigenvalue weighted by molar-refractivity contribution is 6.60. The van der Waals surface area contributed by atoms with Crippen molar-refractivity contribution in [2.24, 2.45) is 0 Å². The van der Waals surface area contributed by atoms with Crippen LogP contribution in [0.25, 0.3) is 0 Å². The fraction of sp³-hybridized carbons (Fsp3) is 0.455. The van der Waals surface area contributed by atoms with Crippen molar-refractivity contribution in [1.29, 1.82) is 0 Å². The van der Waals surface area contributed by atoms with Gasteiger partial charge < -0.3 is 18.0 Å². The molecule has 2 aliphatic heterocycles. The van der Waals surface area contributed by atoms with E-state index in [-0.39, 0.29) is 0 Å². The molecule has 0 amide bonds. The third-order valence-electron chi connectivity index (χ3n) is 2.41. The van der Waals surface area contributed by atoms with Gasteiger partial charge in [0, 0.05) is 33.4 Å². The maximum Gasteiger partial charge on any atom is 0.499 e. The van der Waals surface area contributed by atoms with E-state index < -0.39 is 8.80 Å². The van der Waals surface area contributed by atoms with Gasteiger partial charge in [-0.1, -0.05) is 13.0 Å². The Balaban J connectivity index is 0.000000163. The van der Waals surface area contributed by atoms with Crippen LogP contribution < -0.4 is 4.74 Å². The smallest absolute Gasteiger partial charge is 0.457 e. The number of hydrogen-bond acceptors (Lipinski definition) is 4. The number of hydrogen-bond donors (Lipinski definition) is 0. The molecule has 0 atom stereocenters. The lowest BCUT2D eigenvalue weighted by Gasteiger charge is -2.22. The van der Waals surface area contributed by atoms with Crippen LogP contribution in [0.2, 0.25) is 6.04 Å². The van der Waals surface area contributed by atoms with E-state index in [1.54, 1.807) is 21.3 Å². The van der Waals surface area contributed by atoms with Crippen LogP contribution in [0.3, 0.4) is 0 Å². The molecule has 0 N–H and O–H groups in total. The summed E-state index contributed by atoms with van der Waals surface area (Å²) in [5, 5.41) is 0. The van der Waals surface area contributed by atoms with E-state index in [0.717, 1.165) is 17.5 Å². The van der Waals surface area contributed by atoms with E-state index in [9.17, 15) is 0 Å². The molecular weight excluding hydrogens is 224 g/mol. The van der Waals surface area contributed by atoms with E-state index in [2.05, 4.69) is 0 Å². The molecular formula is C11H18O4Si. The summed E-state index contributed by atoms with van der Waals surface area (Å²) in [6.07, 6.45) is 0. The molecule has 2 heterocycles. The fourth-order valence-electron chi connectivity index (χ4n) is 1.36. The van der Waals surface area contributed by atoms with Crippen molar-refractivity contribution >= 4 is 8.80 Å². The van der Waals surface area contributed by atoms with Crippen molar-refractivity contribution < 1.29 is 18.0 Å². The minimum absolute atomic E-state index is 0.816. The van der Waals surface area contributed by atoms with Gasteiger partial charge in [0.15, 0.2) is 0 Å². The van der Waals surface area contributed by atoms with Gasteiger partial charge in [0.05, 0.1) is 0 Å². The largest absolute Gasteiger partial charge is 0.499 e. The first-order valence-electron chi connectivity index (χ1n) is 5.13. The highest BCUT2D eigenvalue weighted by Crippen LogP contribution is 2.32. The van der Waals surface area contributed by atoms with Crippen molar-refractivity contribution in [3.63, 3.8) is 0 Å². The minimum Gasteiger partial charge on any atom is -0.457 e. The second-order valence-electron chi connectivity index (χ2n) is 3.23. The Hall–Kier alpha value is -0.883. The molecule has 0 saturated heterocycles. The van der Waals surface area contributed by atoms with Gasteiger partial charge in [0.25, 0.3) is 0 Å². The summed E-state index contributed by atoms with van der Waals surface area (Å²) in [6, 6.07) is 8.67. The molecule has 0 spiro atoms. The van der Waals surface area contributed by atoms with Gasteiger partial charge in [-0.15, -0.1) is 0 Å². The van der Waals surface area contributed by atoms with Gasteiger partial charge in [-0.2, -0.15) is 0 Å². The normalized spacial score (nSPS) is 12.0. The molecule has 0 saturated carbocycles. The van der Waals surface area contributed by atoms with E-state index in [0.29, 0.717) is 0 Å². The quantitative estimate of drug-likeness (QED) is 0.772. The summed E-state index contributed by atoms with van der Waals surface area (Å²) in [5.41, 5.74) is 0.